The monoisotopic (exact) mass is 342 g/mol. The summed E-state index contributed by atoms with van der Waals surface area (Å²) in [7, 11) is 1.77. The molecule has 7 heteroatoms. The Morgan fingerprint density at radius 1 is 1.40 bits per heavy atom. The van der Waals surface area contributed by atoms with Crippen LogP contribution in [0, 0.1) is 5.92 Å². The van der Waals surface area contributed by atoms with Crippen molar-refractivity contribution in [3.63, 3.8) is 0 Å². The Labute approximate surface area is 146 Å². The molecular weight excluding hydrogens is 320 g/mol. The lowest BCUT2D eigenvalue weighted by Crippen LogP contribution is -2.53. The van der Waals surface area contributed by atoms with Crippen molar-refractivity contribution in [3.8, 4) is 0 Å². The molecule has 0 aromatic carbocycles. The Balaban J connectivity index is 1.52. The van der Waals surface area contributed by atoms with Crippen LogP contribution in [0.5, 0.6) is 0 Å². The van der Waals surface area contributed by atoms with E-state index in [0.29, 0.717) is 18.0 Å². The van der Waals surface area contributed by atoms with Crippen LogP contribution in [0.25, 0.3) is 0 Å². The van der Waals surface area contributed by atoms with Gasteiger partial charge in [0, 0.05) is 51.6 Å². The van der Waals surface area contributed by atoms with Crippen LogP contribution in [-0.2, 0) is 11.3 Å². The van der Waals surface area contributed by atoms with E-state index in [9.17, 15) is 4.79 Å². The quantitative estimate of drug-likeness (QED) is 0.837. The maximum atomic E-state index is 12.8. The van der Waals surface area contributed by atoms with Crippen molar-refractivity contribution >= 4 is 5.91 Å². The van der Waals surface area contributed by atoms with Crippen LogP contribution in [0.4, 0.5) is 0 Å². The van der Waals surface area contributed by atoms with Gasteiger partial charge < -0.3 is 14.2 Å². The highest BCUT2D eigenvalue weighted by Crippen LogP contribution is 2.34. The number of likely N-dealkylation sites (tertiary alicyclic amines) is 2. The molecule has 2 saturated heterocycles. The van der Waals surface area contributed by atoms with E-state index in [1.165, 1.54) is 18.0 Å². The van der Waals surface area contributed by atoms with Crippen molar-refractivity contribution in [2.75, 3.05) is 26.7 Å². The summed E-state index contributed by atoms with van der Waals surface area (Å²) in [6.45, 7) is 3.30. The van der Waals surface area contributed by atoms with Crippen LogP contribution >= 0.6 is 0 Å². The number of carbonyl (C=O) groups excluding carboxylic acids is 1. The summed E-state index contributed by atoms with van der Waals surface area (Å²) in [5.74, 6) is 0.313. The minimum Gasteiger partial charge on any atom is -0.381 e. The van der Waals surface area contributed by atoms with E-state index in [4.69, 9.17) is 9.26 Å². The van der Waals surface area contributed by atoms with E-state index in [1.54, 1.807) is 13.3 Å². The SMILES string of the molecule is CO[C@H]1CCN(C(=O)c2cnoc2)[C@H]2CN(Cc3cccnc3)C[C@@H]12. The number of hydrogen-bond donors (Lipinski definition) is 0. The van der Waals surface area contributed by atoms with Crippen molar-refractivity contribution in [3.05, 3.63) is 48.1 Å². The average Bonchev–Trinajstić information content (AvgIpc) is 3.31. The molecule has 2 aliphatic rings. The molecule has 2 aromatic heterocycles. The molecule has 0 unspecified atom stereocenters. The summed E-state index contributed by atoms with van der Waals surface area (Å²) < 4.78 is 10.6. The van der Waals surface area contributed by atoms with Gasteiger partial charge in [0.05, 0.1) is 23.9 Å². The lowest BCUT2D eigenvalue weighted by Gasteiger charge is -2.40. The van der Waals surface area contributed by atoms with E-state index in [2.05, 4.69) is 21.1 Å². The van der Waals surface area contributed by atoms with Crippen molar-refractivity contribution in [1.82, 2.24) is 19.9 Å². The Bertz CT molecular complexity index is 706. The van der Waals surface area contributed by atoms with Gasteiger partial charge in [-0.1, -0.05) is 11.2 Å². The predicted octanol–water partition coefficient (Wildman–Crippen LogP) is 1.43. The van der Waals surface area contributed by atoms with Gasteiger partial charge in [0.1, 0.15) is 6.26 Å². The van der Waals surface area contributed by atoms with Gasteiger partial charge in [-0.3, -0.25) is 14.7 Å². The fourth-order valence-electron chi connectivity index (χ4n) is 4.14. The van der Waals surface area contributed by atoms with Gasteiger partial charge in [-0.25, -0.2) is 0 Å². The molecule has 25 heavy (non-hydrogen) atoms. The smallest absolute Gasteiger partial charge is 0.259 e. The number of fused-ring (bicyclic) bond motifs is 1. The van der Waals surface area contributed by atoms with Crippen molar-refractivity contribution < 1.29 is 14.1 Å². The van der Waals surface area contributed by atoms with E-state index in [1.807, 2.05) is 17.2 Å². The molecule has 3 atom stereocenters. The molecule has 0 bridgehead atoms. The number of methoxy groups -OCH3 is 1. The zero-order chi connectivity index (χ0) is 17.2. The highest BCUT2D eigenvalue weighted by molar-refractivity contribution is 5.93. The number of carbonyl (C=O) groups is 1. The Hall–Kier alpha value is -2.25. The normalized spacial score (nSPS) is 26.6. The van der Waals surface area contributed by atoms with Crippen LogP contribution in [0.2, 0.25) is 0 Å². The summed E-state index contributed by atoms with van der Waals surface area (Å²) in [5, 5.41) is 3.66. The molecule has 2 aromatic rings. The Kier molecular flexibility index (Phi) is 4.50. The maximum Gasteiger partial charge on any atom is 0.259 e. The summed E-state index contributed by atoms with van der Waals surface area (Å²) in [6, 6.07) is 4.19. The first-order chi connectivity index (χ1) is 12.3. The third-order valence-electron chi connectivity index (χ3n) is 5.31. The topological polar surface area (TPSA) is 71.7 Å². The standard InChI is InChI=1S/C18H22N4O3/c1-24-17-4-6-22(18(23)14-8-20-25-12-14)16-11-21(10-15(16)17)9-13-3-2-5-19-7-13/h2-3,5,7-8,12,15-17H,4,6,9-11H2,1H3/t15-,16+,17+/m1/s1. The van der Waals surface area contributed by atoms with Gasteiger partial charge in [0.25, 0.3) is 5.91 Å². The number of amides is 1. The molecule has 0 aliphatic carbocycles. The second-order valence-corrected chi connectivity index (χ2v) is 6.76. The second-order valence-electron chi connectivity index (χ2n) is 6.76. The lowest BCUT2D eigenvalue weighted by molar-refractivity contribution is -0.0157. The van der Waals surface area contributed by atoms with Crippen LogP contribution in [0.15, 0.2) is 41.5 Å². The summed E-state index contributed by atoms with van der Waals surface area (Å²) in [4.78, 5) is 21.4. The third kappa shape index (κ3) is 3.17. The fraction of sp³-hybridized carbons (Fsp3) is 0.500. The van der Waals surface area contributed by atoms with Crippen LogP contribution in [-0.4, -0.2) is 64.7 Å². The molecule has 0 spiro atoms. The molecule has 4 rings (SSSR count). The van der Waals surface area contributed by atoms with Gasteiger partial charge in [-0.2, -0.15) is 0 Å². The molecule has 7 nitrogen and oxygen atoms in total. The van der Waals surface area contributed by atoms with Crippen molar-refractivity contribution in [2.45, 2.75) is 25.1 Å². The average molecular weight is 342 g/mol. The zero-order valence-corrected chi connectivity index (χ0v) is 14.2. The molecule has 0 radical (unpaired) electrons. The molecule has 2 fully saturated rings. The zero-order valence-electron chi connectivity index (χ0n) is 14.2. The van der Waals surface area contributed by atoms with E-state index in [-0.39, 0.29) is 18.1 Å². The van der Waals surface area contributed by atoms with Gasteiger partial charge >= 0.3 is 0 Å². The summed E-state index contributed by atoms with van der Waals surface area (Å²) in [6.07, 6.45) is 7.64. The molecule has 4 heterocycles. The van der Waals surface area contributed by atoms with Crippen molar-refractivity contribution in [1.29, 1.82) is 0 Å². The number of hydrogen-bond acceptors (Lipinski definition) is 6. The molecular formula is C18H22N4O3. The van der Waals surface area contributed by atoms with E-state index >= 15 is 0 Å². The first-order valence-corrected chi connectivity index (χ1v) is 8.60. The Morgan fingerprint density at radius 2 is 2.32 bits per heavy atom. The maximum absolute atomic E-state index is 12.8. The van der Waals surface area contributed by atoms with Gasteiger partial charge in [-0.15, -0.1) is 0 Å². The summed E-state index contributed by atoms with van der Waals surface area (Å²) in [5.41, 5.74) is 1.70. The molecule has 0 N–H and O–H groups in total. The molecule has 1 amide bonds. The van der Waals surface area contributed by atoms with Gasteiger partial charge in [0.2, 0.25) is 0 Å². The lowest BCUT2D eigenvalue weighted by atomic mass is 9.88. The highest BCUT2D eigenvalue weighted by Gasteiger charge is 2.46. The summed E-state index contributed by atoms with van der Waals surface area (Å²) >= 11 is 0. The van der Waals surface area contributed by atoms with Crippen LogP contribution in [0.3, 0.4) is 0 Å². The minimum atomic E-state index is -0.00553. The number of nitrogens with zero attached hydrogens (tertiary/aromatic N) is 4. The fourth-order valence-corrected chi connectivity index (χ4v) is 4.14. The number of pyridine rings is 1. The number of aromatic nitrogens is 2. The van der Waals surface area contributed by atoms with Gasteiger partial charge in [0.15, 0.2) is 0 Å². The minimum absolute atomic E-state index is 0.00553. The van der Waals surface area contributed by atoms with Gasteiger partial charge in [-0.05, 0) is 18.1 Å². The molecule has 132 valence electrons. The third-order valence-corrected chi connectivity index (χ3v) is 5.31. The largest absolute Gasteiger partial charge is 0.381 e. The van der Waals surface area contributed by atoms with Crippen LogP contribution < -0.4 is 0 Å². The first-order valence-electron chi connectivity index (χ1n) is 8.60. The number of piperidine rings is 1. The van der Waals surface area contributed by atoms with E-state index < -0.39 is 0 Å². The number of ether oxygens (including phenoxy) is 1. The predicted molar refractivity (Wildman–Crippen MR) is 89.7 cm³/mol. The highest BCUT2D eigenvalue weighted by atomic mass is 16.5. The first kappa shape index (κ1) is 16.2. The molecule has 2 aliphatic heterocycles. The Morgan fingerprint density at radius 3 is 3.04 bits per heavy atom. The second kappa shape index (κ2) is 6.93. The molecule has 0 saturated carbocycles. The van der Waals surface area contributed by atoms with E-state index in [0.717, 1.165) is 26.1 Å². The van der Waals surface area contributed by atoms with Crippen LogP contribution in [0.1, 0.15) is 22.3 Å². The number of rotatable bonds is 4. The van der Waals surface area contributed by atoms with Crippen molar-refractivity contribution in [2.24, 2.45) is 5.92 Å².